The van der Waals surface area contributed by atoms with Gasteiger partial charge in [0.1, 0.15) is 0 Å². The second-order valence-corrected chi connectivity index (χ2v) is 5.63. The maximum absolute atomic E-state index is 2.60. The van der Waals surface area contributed by atoms with Gasteiger partial charge in [0, 0.05) is 18.6 Å². The molecule has 0 atom stereocenters. The Hall–Kier alpha value is -0.860. The average Bonchev–Trinajstić information content (AvgIpc) is 2.41. The maximum atomic E-state index is 2.60. The Bertz CT molecular complexity index is 351. The molecule has 0 radical (unpaired) electrons. The number of nitrogens with zero attached hydrogens (tertiary/aromatic N) is 2. The number of hydrogen-bond acceptors (Lipinski definition) is 2. The molecule has 1 fully saturated rings. The molecular weight excluding hydrogens is 220 g/mol. The molecular formula is C16H26N2. The van der Waals surface area contributed by atoms with Crippen LogP contribution in [0.4, 0.5) is 0 Å². The Kier molecular flexibility index (Phi) is 4.41. The summed E-state index contributed by atoms with van der Waals surface area (Å²) in [6.45, 7) is 5.96. The van der Waals surface area contributed by atoms with Crippen molar-refractivity contribution in [1.29, 1.82) is 0 Å². The zero-order chi connectivity index (χ0) is 13.0. The van der Waals surface area contributed by atoms with E-state index < -0.39 is 0 Å². The van der Waals surface area contributed by atoms with Crippen molar-refractivity contribution >= 4 is 0 Å². The van der Waals surface area contributed by atoms with Crippen LogP contribution in [0, 0.1) is 0 Å². The summed E-state index contributed by atoms with van der Waals surface area (Å²) in [5, 5.41) is 0. The first-order valence-electron chi connectivity index (χ1n) is 7.14. The van der Waals surface area contributed by atoms with Crippen LogP contribution in [-0.4, -0.2) is 43.5 Å². The lowest BCUT2D eigenvalue weighted by atomic mass is 9.80. The van der Waals surface area contributed by atoms with Gasteiger partial charge >= 0.3 is 0 Å². The first kappa shape index (κ1) is 13.6. The molecule has 100 valence electrons. The molecule has 0 unspecified atom stereocenters. The van der Waals surface area contributed by atoms with E-state index in [1.165, 1.54) is 44.5 Å². The lowest BCUT2D eigenvalue weighted by molar-refractivity contribution is 0.0539. The van der Waals surface area contributed by atoms with Crippen LogP contribution in [0.3, 0.4) is 0 Å². The first-order valence-corrected chi connectivity index (χ1v) is 7.14. The molecule has 2 heteroatoms. The Morgan fingerprint density at radius 1 is 1.11 bits per heavy atom. The highest BCUT2D eigenvalue weighted by Gasteiger charge is 2.37. The molecule has 0 aromatic heterocycles. The molecule has 0 spiro atoms. The van der Waals surface area contributed by atoms with Gasteiger partial charge < -0.3 is 4.90 Å². The van der Waals surface area contributed by atoms with Crippen molar-refractivity contribution in [2.75, 3.05) is 33.7 Å². The molecule has 18 heavy (non-hydrogen) atoms. The number of piperidine rings is 1. The summed E-state index contributed by atoms with van der Waals surface area (Å²) in [6.07, 6.45) is 3.74. The molecule has 0 aliphatic carbocycles. The fraction of sp³-hybridized carbons (Fsp3) is 0.625. The largest absolute Gasteiger partial charge is 0.303 e. The third kappa shape index (κ3) is 2.60. The summed E-state index contributed by atoms with van der Waals surface area (Å²) in [7, 11) is 4.45. The van der Waals surface area contributed by atoms with E-state index in [4.69, 9.17) is 0 Å². The van der Waals surface area contributed by atoms with Crippen molar-refractivity contribution in [3.05, 3.63) is 35.9 Å². The quantitative estimate of drug-likeness (QED) is 0.806. The second-order valence-electron chi connectivity index (χ2n) is 5.63. The van der Waals surface area contributed by atoms with Crippen LogP contribution in [0.15, 0.2) is 30.3 Å². The molecule has 0 saturated carbocycles. The first-order chi connectivity index (χ1) is 8.69. The standard InChI is InChI=1S/C16H26N2/c1-4-12-18-13-10-16(11-14-18,17(2)3)15-8-6-5-7-9-15/h5-9H,4,10-14H2,1-3H3. The smallest absolute Gasteiger partial charge is 0.0479 e. The Morgan fingerprint density at radius 3 is 2.22 bits per heavy atom. The van der Waals surface area contributed by atoms with Gasteiger partial charge in [-0.05, 0) is 45.5 Å². The molecule has 1 saturated heterocycles. The lowest BCUT2D eigenvalue weighted by Gasteiger charge is -2.46. The van der Waals surface area contributed by atoms with Gasteiger partial charge in [-0.3, -0.25) is 4.90 Å². The molecule has 1 aromatic rings. The van der Waals surface area contributed by atoms with E-state index in [0.717, 1.165) is 0 Å². The van der Waals surface area contributed by atoms with Gasteiger partial charge in [0.2, 0.25) is 0 Å². The number of rotatable bonds is 4. The molecule has 0 N–H and O–H groups in total. The van der Waals surface area contributed by atoms with Gasteiger partial charge in [0.05, 0.1) is 0 Å². The van der Waals surface area contributed by atoms with Crippen molar-refractivity contribution in [3.8, 4) is 0 Å². The topological polar surface area (TPSA) is 6.48 Å². The number of likely N-dealkylation sites (tertiary alicyclic amines) is 1. The Balaban J connectivity index is 2.16. The summed E-state index contributed by atoms with van der Waals surface area (Å²) in [6, 6.07) is 11.0. The summed E-state index contributed by atoms with van der Waals surface area (Å²) < 4.78 is 0. The van der Waals surface area contributed by atoms with Crippen molar-refractivity contribution in [1.82, 2.24) is 9.80 Å². The lowest BCUT2D eigenvalue weighted by Crippen LogP contribution is -2.50. The summed E-state index contributed by atoms with van der Waals surface area (Å²) >= 11 is 0. The predicted octanol–water partition coefficient (Wildman–Crippen LogP) is 2.95. The fourth-order valence-electron chi connectivity index (χ4n) is 3.21. The van der Waals surface area contributed by atoms with Crippen LogP contribution >= 0.6 is 0 Å². The van der Waals surface area contributed by atoms with E-state index in [0.29, 0.717) is 0 Å². The SMILES string of the molecule is CCCN1CCC(c2ccccc2)(N(C)C)CC1. The highest BCUT2D eigenvalue weighted by Crippen LogP contribution is 2.37. The van der Waals surface area contributed by atoms with E-state index in [1.54, 1.807) is 0 Å². The van der Waals surface area contributed by atoms with Crippen LogP contribution in [0.2, 0.25) is 0 Å². The van der Waals surface area contributed by atoms with Crippen molar-refractivity contribution < 1.29 is 0 Å². The predicted molar refractivity (Wildman–Crippen MR) is 77.8 cm³/mol. The Morgan fingerprint density at radius 2 is 1.72 bits per heavy atom. The highest BCUT2D eigenvalue weighted by molar-refractivity contribution is 5.25. The summed E-state index contributed by atoms with van der Waals surface area (Å²) in [5.41, 5.74) is 1.72. The van der Waals surface area contributed by atoms with Gasteiger partial charge in [-0.1, -0.05) is 37.3 Å². The van der Waals surface area contributed by atoms with Gasteiger partial charge in [0.15, 0.2) is 0 Å². The van der Waals surface area contributed by atoms with Crippen LogP contribution in [0.1, 0.15) is 31.7 Å². The molecule has 0 bridgehead atoms. The van der Waals surface area contributed by atoms with Gasteiger partial charge in [-0.15, -0.1) is 0 Å². The molecule has 2 nitrogen and oxygen atoms in total. The zero-order valence-electron chi connectivity index (χ0n) is 12.0. The Labute approximate surface area is 112 Å². The minimum absolute atomic E-state index is 0.242. The molecule has 1 aliphatic rings. The van der Waals surface area contributed by atoms with Crippen molar-refractivity contribution in [2.24, 2.45) is 0 Å². The number of hydrogen-bond donors (Lipinski definition) is 0. The highest BCUT2D eigenvalue weighted by atomic mass is 15.2. The maximum Gasteiger partial charge on any atom is 0.0479 e. The van der Waals surface area contributed by atoms with Crippen LogP contribution in [-0.2, 0) is 5.54 Å². The van der Waals surface area contributed by atoms with Crippen molar-refractivity contribution in [3.63, 3.8) is 0 Å². The minimum Gasteiger partial charge on any atom is -0.303 e. The molecule has 1 aromatic carbocycles. The zero-order valence-corrected chi connectivity index (χ0v) is 12.0. The average molecular weight is 246 g/mol. The number of benzene rings is 1. The third-order valence-corrected chi connectivity index (χ3v) is 4.39. The van der Waals surface area contributed by atoms with E-state index in [2.05, 4.69) is 61.2 Å². The normalized spacial score (nSPS) is 20.2. The summed E-state index contributed by atoms with van der Waals surface area (Å²) in [5.74, 6) is 0. The molecule has 1 aliphatic heterocycles. The third-order valence-electron chi connectivity index (χ3n) is 4.39. The monoisotopic (exact) mass is 246 g/mol. The van der Waals surface area contributed by atoms with Crippen LogP contribution in [0.25, 0.3) is 0 Å². The molecule has 2 rings (SSSR count). The van der Waals surface area contributed by atoms with E-state index >= 15 is 0 Å². The van der Waals surface area contributed by atoms with E-state index in [9.17, 15) is 0 Å². The van der Waals surface area contributed by atoms with Crippen LogP contribution < -0.4 is 0 Å². The molecule has 0 amide bonds. The minimum atomic E-state index is 0.242. The van der Waals surface area contributed by atoms with Gasteiger partial charge in [-0.2, -0.15) is 0 Å². The van der Waals surface area contributed by atoms with Gasteiger partial charge in [-0.25, -0.2) is 0 Å². The van der Waals surface area contributed by atoms with Gasteiger partial charge in [0.25, 0.3) is 0 Å². The van der Waals surface area contributed by atoms with E-state index in [1.807, 2.05) is 0 Å². The summed E-state index contributed by atoms with van der Waals surface area (Å²) in [4.78, 5) is 5.02. The van der Waals surface area contributed by atoms with Crippen molar-refractivity contribution in [2.45, 2.75) is 31.7 Å². The van der Waals surface area contributed by atoms with Crippen LogP contribution in [0.5, 0.6) is 0 Å². The fourth-order valence-corrected chi connectivity index (χ4v) is 3.21. The van der Waals surface area contributed by atoms with E-state index in [-0.39, 0.29) is 5.54 Å². The molecule has 1 heterocycles. The second kappa shape index (κ2) is 5.85.